The molecule has 2 fully saturated rings. The van der Waals surface area contributed by atoms with Gasteiger partial charge in [-0.2, -0.15) is 0 Å². The Kier molecular flexibility index (Phi) is 4.87. The first-order chi connectivity index (χ1) is 8.27. The van der Waals surface area contributed by atoms with Gasteiger partial charge in [-0.15, -0.1) is 0 Å². The second-order valence-corrected chi connectivity index (χ2v) is 6.03. The second kappa shape index (κ2) is 6.19. The quantitative estimate of drug-likeness (QED) is 0.718. The van der Waals surface area contributed by atoms with Crippen molar-refractivity contribution in [2.75, 3.05) is 13.1 Å². The Morgan fingerprint density at radius 1 is 1.00 bits per heavy atom. The van der Waals surface area contributed by atoms with Crippen LogP contribution in [0.1, 0.15) is 71.1 Å². The highest BCUT2D eigenvalue weighted by Crippen LogP contribution is 2.36. The van der Waals surface area contributed by atoms with Gasteiger partial charge in [0, 0.05) is 18.6 Å². The summed E-state index contributed by atoms with van der Waals surface area (Å²) in [6, 6.07) is 0. The number of hydrogen-bond acceptors (Lipinski definition) is 1. The van der Waals surface area contributed by atoms with Gasteiger partial charge in [-0.1, -0.05) is 39.0 Å². The molecule has 1 radical (unpaired) electrons. The maximum atomic E-state index is 11.5. The van der Waals surface area contributed by atoms with Gasteiger partial charge in [-0.3, -0.25) is 4.90 Å². The van der Waals surface area contributed by atoms with Crippen LogP contribution in [0, 0.1) is 0 Å². The lowest BCUT2D eigenvalue weighted by molar-refractivity contribution is -0.0247. The van der Waals surface area contributed by atoms with E-state index in [1.54, 1.807) is 0 Å². The van der Waals surface area contributed by atoms with E-state index in [1.165, 1.54) is 51.4 Å². The lowest BCUT2D eigenvalue weighted by Gasteiger charge is -2.47. The molecule has 0 bridgehead atoms. The number of hydrogen-bond donors (Lipinski definition) is 0. The van der Waals surface area contributed by atoms with Crippen molar-refractivity contribution in [3.05, 3.63) is 0 Å². The molecule has 0 atom stereocenters. The minimum absolute atomic E-state index is 0.284. The molecule has 0 amide bonds. The van der Waals surface area contributed by atoms with Crippen molar-refractivity contribution in [3.63, 3.8) is 0 Å². The van der Waals surface area contributed by atoms with Crippen molar-refractivity contribution in [3.8, 4) is 0 Å². The van der Waals surface area contributed by atoms with Gasteiger partial charge in [0.1, 0.15) is 0 Å². The SMILES string of the molecule is CCC1(N2CCC([O])CC2)CCCCCCC1. The van der Waals surface area contributed by atoms with E-state index < -0.39 is 0 Å². The Hall–Kier alpha value is -0.0800. The fourth-order valence-corrected chi connectivity index (χ4v) is 3.79. The topological polar surface area (TPSA) is 23.1 Å². The summed E-state index contributed by atoms with van der Waals surface area (Å²) in [6.07, 6.45) is 12.5. The summed E-state index contributed by atoms with van der Waals surface area (Å²) in [5, 5.41) is 11.5. The van der Waals surface area contributed by atoms with Crippen molar-refractivity contribution in [2.45, 2.75) is 82.8 Å². The van der Waals surface area contributed by atoms with E-state index in [0.29, 0.717) is 5.54 Å². The molecular weight excluding hydrogens is 210 g/mol. The molecule has 0 aromatic rings. The van der Waals surface area contributed by atoms with Gasteiger partial charge >= 0.3 is 0 Å². The van der Waals surface area contributed by atoms with Crippen LogP contribution in [0.3, 0.4) is 0 Å². The van der Waals surface area contributed by atoms with Gasteiger partial charge in [0.25, 0.3) is 0 Å². The Morgan fingerprint density at radius 3 is 2.06 bits per heavy atom. The molecular formula is C15H28NO. The van der Waals surface area contributed by atoms with E-state index >= 15 is 0 Å². The van der Waals surface area contributed by atoms with Crippen LogP contribution in [-0.4, -0.2) is 29.6 Å². The standard InChI is InChI=1S/C15H28NO/c1-2-15(10-6-4-3-5-7-11-15)16-12-8-14(17)9-13-16/h14H,2-13H2,1H3. The van der Waals surface area contributed by atoms with Crippen LogP contribution in [0.4, 0.5) is 0 Å². The van der Waals surface area contributed by atoms with Gasteiger partial charge in [0.2, 0.25) is 0 Å². The molecule has 2 heteroatoms. The molecule has 1 saturated carbocycles. The predicted molar refractivity (Wildman–Crippen MR) is 70.6 cm³/mol. The van der Waals surface area contributed by atoms with Crippen molar-refractivity contribution >= 4 is 0 Å². The van der Waals surface area contributed by atoms with Crippen LogP contribution >= 0.6 is 0 Å². The maximum Gasteiger partial charge on any atom is 0.0954 e. The third-order valence-corrected chi connectivity index (χ3v) is 5.06. The first kappa shape index (κ1) is 13.4. The zero-order valence-electron chi connectivity index (χ0n) is 11.4. The zero-order valence-corrected chi connectivity index (χ0v) is 11.4. The smallest absolute Gasteiger partial charge is 0.0954 e. The minimum Gasteiger partial charge on any atom is -0.297 e. The van der Waals surface area contributed by atoms with Gasteiger partial charge < -0.3 is 0 Å². The van der Waals surface area contributed by atoms with Gasteiger partial charge in [-0.25, -0.2) is 5.11 Å². The Balaban J connectivity index is 2.00. The average molecular weight is 238 g/mol. The number of piperidine rings is 1. The van der Waals surface area contributed by atoms with E-state index in [-0.39, 0.29) is 6.10 Å². The molecule has 0 aromatic heterocycles. The molecule has 0 N–H and O–H groups in total. The number of nitrogens with zero attached hydrogens (tertiary/aromatic N) is 1. The molecule has 0 spiro atoms. The Morgan fingerprint density at radius 2 is 1.53 bits per heavy atom. The molecule has 1 aliphatic carbocycles. The summed E-state index contributed by atoms with van der Waals surface area (Å²) < 4.78 is 0. The van der Waals surface area contributed by atoms with Gasteiger partial charge in [0.05, 0.1) is 6.10 Å². The van der Waals surface area contributed by atoms with E-state index in [1.807, 2.05) is 0 Å². The number of rotatable bonds is 2. The summed E-state index contributed by atoms with van der Waals surface area (Å²) >= 11 is 0. The highest BCUT2D eigenvalue weighted by atomic mass is 16.3. The zero-order chi connectivity index (χ0) is 12.1. The van der Waals surface area contributed by atoms with Crippen molar-refractivity contribution < 1.29 is 5.11 Å². The summed E-state index contributed by atoms with van der Waals surface area (Å²) in [5.74, 6) is 0. The van der Waals surface area contributed by atoms with Gasteiger partial charge in [-0.05, 0) is 32.1 Å². The van der Waals surface area contributed by atoms with Crippen LogP contribution in [0.5, 0.6) is 0 Å². The fraction of sp³-hybridized carbons (Fsp3) is 1.00. The molecule has 1 aliphatic heterocycles. The Labute approximate surface area is 106 Å². The first-order valence-corrected chi connectivity index (χ1v) is 7.68. The van der Waals surface area contributed by atoms with Crippen LogP contribution in [0.15, 0.2) is 0 Å². The van der Waals surface area contributed by atoms with Crippen LogP contribution in [0.25, 0.3) is 0 Å². The molecule has 1 saturated heterocycles. The molecule has 2 nitrogen and oxygen atoms in total. The molecule has 0 aromatic carbocycles. The lowest BCUT2D eigenvalue weighted by atomic mass is 9.79. The third-order valence-electron chi connectivity index (χ3n) is 5.06. The van der Waals surface area contributed by atoms with E-state index in [9.17, 15) is 5.11 Å². The van der Waals surface area contributed by atoms with Crippen molar-refractivity contribution in [2.24, 2.45) is 0 Å². The summed E-state index contributed by atoms with van der Waals surface area (Å²) in [6.45, 7) is 4.47. The van der Waals surface area contributed by atoms with Crippen LogP contribution in [-0.2, 0) is 5.11 Å². The van der Waals surface area contributed by atoms with Crippen molar-refractivity contribution in [1.82, 2.24) is 4.90 Å². The monoisotopic (exact) mass is 238 g/mol. The summed E-state index contributed by atoms with van der Waals surface area (Å²) in [4.78, 5) is 2.67. The predicted octanol–water partition coefficient (Wildman–Crippen LogP) is 3.77. The molecule has 2 rings (SSSR count). The number of likely N-dealkylation sites (tertiary alicyclic amines) is 1. The highest BCUT2D eigenvalue weighted by Gasteiger charge is 2.36. The van der Waals surface area contributed by atoms with Crippen LogP contribution in [0.2, 0.25) is 0 Å². The summed E-state index contributed by atoms with van der Waals surface area (Å²) in [7, 11) is 0. The molecule has 99 valence electrons. The van der Waals surface area contributed by atoms with Crippen molar-refractivity contribution in [1.29, 1.82) is 0 Å². The first-order valence-electron chi connectivity index (χ1n) is 7.68. The van der Waals surface area contributed by atoms with Crippen LogP contribution < -0.4 is 0 Å². The largest absolute Gasteiger partial charge is 0.297 e. The third kappa shape index (κ3) is 3.23. The Bertz CT molecular complexity index is 213. The highest BCUT2D eigenvalue weighted by molar-refractivity contribution is 4.92. The molecule has 1 heterocycles. The summed E-state index contributed by atoms with van der Waals surface area (Å²) in [5.41, 5.74) is 0.445. The molecule has 17 heavy (non-hydrogen) atoms. The molecule has 0 unspecified atom stereocenters. The fourth-order valence-electron chi connectivity index (χ4n) is 3.79. The maximum absolute atomic E-state index is 11.5. The minimum atomic E-state index is -0.284. The second-order valence-electron chi connectivity index (χ2n) is 6.03. The van der Waals surface area contributed by atoms with E-state index in [0.717, 1.165) is 25.9 Å². The van der Waals surface area contributed by atoms with Gasteiger partial charge in [0.15, 0.2) is 0 Å². The lowest BCUT2D eigenvalue weighted by Crippen LogP contribution is -2.52. The van der Waals surface area contributed by atoms with E-state index in [2.05, 4.69) is 11.8 Å². The molecule has 2 aliphatic rings. The normalized spacial score (nSPS) is 28.6. The van der Waals surface area contributed by atoms with E-state index in [4.69, 9.17) is 0 Å². The average Bonchev–Trinajstić information content (AvgIpc) is 2.31.